The molecule has 1 saturated heterocycles. The first-order valence-electron chi connectivity index (χ1n) is 5.78. The van der Waals surface area contributed by atoms with Crippen molar-refractivity contribution in [1.29, 1.82) is 0 Å². The Kier molecular flexibility index (Phi) is 3.56. The second-order valence-corrected chi connectivity index (χ2v) is 6.06. The van der Waals surface area contributed by atoms with Crippen molar-refractivity contribution in [1.82, 2.24) is 4.31 Å². The summed E-state index contributed by atoms with van der Waals surface area (Å²) in [7, 11) is -3.40. The molecule has 0 aliphatic carbocycles. The standard InChI is InChI=1S/C12H15NO4S/c1-2-17-11-5-3-10(4-6-11)9-13-12(14)7-8-18(13,15)16/h3-6H,2,7-9H2,1H3. The molecule has 0 saturated carbocycles. The van der Waals surface area contributed by atoms with Crippen LogP contribution in [-0.2, 0) is 21.4 Å². The zero-order valence-electron chi connectivity index (χ0n) is 10.1. The Bertz CT molecular complexity index is 536. The van der Waals surface area contributed by atoms with E-state index in [1.165, 1.54) is 0 Å². The number of carbonyl (C=O) groups is 1. The van der Waals surface area contributed by atoms with Crippen LogP contribution >= 0.6 is 0 Å². The molecule has 1 aromatic rings. The fourth-order valence-corrected chi connectivity index (χ4v) is 3.22. The number of hydrogen-bond donors (Lipinski definition) is 0. The van der Waals surface area contributed by atoms with Gasteiger partial charge in [0.1, 0.15) is 5.75 Å². The number of hydrogen-bond acceptors (Lipinski definition) is 4. The van der Waals surface area contributed by atoms with E-state index in [0.717, 1.165) is 15.6 Å². The molecule has 18 heavy (non-hydrogen) atoms. The lowest BCUT2D eigenvalue weighted by molar-refractivity contribution is -0.125. The van der Waals surface area contributed by atoms with E-state index in [9.17, 15) is 13.2 Å². The Morgan fingerprint density at radius 2 is 1.94 bits per heavy atom. The van der Waals surface area contributed by atoms with Gasteiger partial charge < -0.3 is 4.74 Å². The number of carbonyl (C=O) groups excluding carboxylic acids is 1. The van der Waals surface area contributed by atoms with Crippen molar-refractivity contribution in [2.75, 3.05) is 12.4 Å². The highest BCUT2D eigenvalue weighted by Crippen LogP contribution is 2.20. The van der Waals surface area contributed by atoms with Crippen LogP contribution in [0.1, 0.15) is 18.9 Å². The van der Waals surface area contributed by atoms with Crippen molar-refractivity contribution >= 4 is 15.9 Å². The van der Waals surface area contributed by atoms with Gasteiger partial charge in [-0.1, -0.05) is 12.1 Å². The first-order chi connectivity index (χ1) is 8.53. The second kappa shape index (κ2) is 4.97. The van der Waals surface area contributed by atoms with Gasteiger partial charge in [-0.3, -0.25) is 4.79 Å². The van der Waals surface area contributed by atoms with Crippen LogP contribution in [-0.4, -0.2) is 31.0 Å². The van der Waals surface area contributed by atoms with E-state index >= 15 is 0 Å². The second-order valence-electron chi connectivity index (χ2n) is 4.04. The minimum Gasteiger partial charge on any atom is -0.494 e. The van der Waals surface area contributed by atoms with Crippen LogP contribution in [0.15, 0.2) is 24.3 Å². The van der Waals surface area contributed by atoms with Crippen molar-refractivity contribution in [3.05, 3.63) is 29.8 Å². The van der Waals surface area contributed by atoms with Gasteiger partial charge in [-0.25, -0.2) is 12.7 Å². The van der Waals surface area contributed by atoms with Gasteiger partial charge in [-0.2, -0.15) is 0 Å². The van der Waals surface area contributed by atoms with Crippen LogP contribution in [0.2, 0.25) is 0 Å². The van der Waals surface area contributed by atoms with Gasteiger partial charge in [0, 0.05) is 6.42 Å². The molecule has 98 valence electrons. The Balaban J connectivity index is 2.12. The largest absolute Gasteiger partial charge is 0.494 e. The number of rotatable bonds is 4. The predicted molar refractivity (Wildman–Crippen MR) is 66.6 cm³/mol. The highest BCUT2D eigenvalue weighted by molar-refractivity contribution is 7.90. The Labute approximate surface area is 106 Å². The average molecular weight is 269 g/mol. The SMILES string of the molecule is CCOc1ccc(CN2C(=O)CCS2(=O)=O)cc1. The molecule has 1 fully saturated rings. The van der Waals surface area contributed by atoms with E-state index in [1.54, 1.807) is 24.3 Å². The van der Waals surface area contributed by atoms with Crippen LogP contribution in [0.5, 0.6) is 5.75 Å². The van der Waals surface area contributed by atoms with Crippen LogP contribution in [0.3, 0.4) is 0 Å². The predicted octanol–water partition coefficient (Wildman–Crippen LogP) is 1.15. The number of sulfonamides is 1. The number of amides is 1. The molecule has 6 heteroatoms. The molecule has 1 aliphatic rings. The van der Waals surface area contributed by atoms with Gasteiger partial charge in [-0.15, -0.1) is 0 Å². The third kappa shape index (κ3) is 2.64. The fourth-order valence-electron chi connectivity index (χ4n) is 1.82. The monoisotopic (exact) mass is 269 g/mol. The maximum absolute atomic E-state index is 11.6. The van der Waals surface area contributed by atoms with E-state index in [0.29, 0.717) is 6.61 Å². The zero-order chi connectivity index (χ0) is 13.2. The minimum absolute atomic E-state index is 0.0805. The molecule has 0 N–H and O–H groups in total. The molecular weight excluding hydrogens is 254 g/mol. The Morgan fingerprint density at radius 3 is 2.44 bits per heavy atom. The molecular formula is C12H15NO4S. The number of ether oxygens (including phenoxy) is 1. The molecule has 0 bridgehead atoms. The third-order valence-corrected chi connectivity index (χ3v) is 4.47. The summed E-state index contributed by atoms with van der Waals surface area (Å²) in [6.07, 6.45) is 0.0827. The quantitative estimate of drug-likeness (QED) is 0.822. The smallest absolute Gasteiger partial charge is 0.238 e. The van der Waals surface area contributed by atoms with Gasteiger partial charge >= 0.3 is 0 Å². The molecule has 0 spiro atoms. The summed E-state index contributed by atoms with van der Waals surface area (Å²) in [5.41, 5.74) is 0.775. The van der Waals surface area contributed by atoms with E-state index in [-0.39, 0.29) is 24.6 Å². The third-order valence-electron chi connectivity index (χ3n) is 2.75. The maximum Gasteiger partial charge on any atom is 0.238 e. The number of nitrogens with zero attached hydrogens (tertiary/aromatic N) is 1. The lowest BCUT2D eigenvalue weighted by Gasteiger charge is -2.15. The Morgan fingerprint density at radius 1 is 1.28 bits per heavy atom. The van der Waals surface area contributed by atoms with Crippen molar-refractivity contribution in [3.8, 4) is 5.75 Å². The summed E-state index contributed by atoms with van der Waals surface area (Å²) in [4.78, 5) is 11.5. The first kappa shape index (κ1) is 12.9. The maximum atomic E-state index is 11.6. The molecule has 1 aromatic carbocycles. The summed E-state index contributed by atoms with van der Waals surface area (Å²) in [6, 6.07) is 7.08. The lowest BCUT2D eigenvalue weighted by atomic mass is 10.2. The van der Waals surface area contributed by atoms with Gasteiger partial charge in [-0.05, 0) is 24.6 Å². The lowest BCUT2D eigenvalue weighted by Crippen LogP contribution is -2.28. The highest BCUT2D eigenvalue weighted by Gasteiger charge is 2.34. The Hall–Kier alpha value is -1.56. The van der Waals surface area contributed by atoms with Gasteiger partial charge in [0.2, 0.25) is 15.9 Å². The first-order valence-corrected chi connectivity index (χ1v) is 7.39. The molecule has 1 aliphatic heterocycles. The van der Waals surface area contributed by atoms with Gasteiger partial charge in [0.25, 0.3) is 0 Å². The highest BCUT2D eigenvalue weighted by atomic mass is 32.2. The molecule has 0 unspecified atom stereocenters. The molecule has 1 amide bonds. The van der Waals surface area contributed by atoms with Gasteiger partial charge in [0.15, 0.2) is 0 Å². The van der Waals surface area contributed by atoms with E-state index < -0.39 is 10.0 Å². The molecule has 0 atom stereocenters. The van der Waals surface area contributed by atoms with Gasteiger partial charge in [0.05, 0.1) is 18.9 Å². The van der Waals surface area contributed by atoms with Crippen molar-refractivity contribution in [2.45, 2.75) is 19.9 Å². The summed E-state index contributed by atoms with van der Waals surface area (Å²) in [5.74, 6) is 0.323. The van der Waals surface area contributed by atoms with Crippen molar-refractivity contribution < 1.29 is 17.9 Å². The van der Waals surface area contributed by atoms with Crippen LogP contribution in [0, 0.1) is 0 Å². The summed E-state index contributed by atoms with van der Waals surface area (Å²) in [6.45, 7) is 2.58. The molecule has 0 radical (unpaired) electrons. The summed E-state index contributed by atoms with van der Waals surface area (Å²) >= 11 is 0. The zero-order valence-corrected chi connectivity index (χ0v) is 10.9. The van der Waals surface area contributed by atoms with Crippen LogP contribution in [0.4, 0.5) is 0 Å². The van der Waals surface area contributed by atoms with Crippen LogP contribution < -0.4 is 4.74 Å². The van der Waals surface area contributed by atoms with Crippen molar-refractivity contribution in [2.24, 2.45) is 0 Å². The van der Waals surface area contributed by atoms with Crippen molar-refractivity contribution in [3.63, 3.8) is 0 Å². The summed E-state index contributed by atoms with van der Waals surface area (Å²) < 4.78 is 29.5. The number of benzene rings is 1. The fraction of sp³-hybridized carbons (Fsp3) is 0.417. The van der Waals surface area contributed by atoms with E-state index in [1.807, 2.05) is 6.92 Å². The van der Waals surface area contributed by atoms with Crippen LogP contribution in [0.25, 0.3) is 0 Å². The van der Waals surface area contributed by atoms with E-state index in [2.05, 4.69) is 0 Å². The van der Waals surface area contributed by atoms with E-state index in [4.69, 9.17) is 4.74 Å². The summed E-state index contributed by atoms with van der Waals surface area (Å²) in [5, 5.41) is 0. The molecule has 1 heterocycles. The molecule has 2 rings (SSSR count). The molecule has 0 aromatic heterocycles. The normalized spacial score (nSPS) is 18.1. The topological polar surface area (TPSA) is 63.7 Å². The average Bonchev–Trinajstić information content (AvgIpc) is 2.59. The molecule has 5 nitrogen and oxygen atoms in total. The minimum atomic E-state index is -3.40.